The monoisotopic (exact) mass is 486 g/mol. The topological polar surface area (TPSA) is 84.1 Å². The molecule has 0 atom stereocenters. The van der Waals surface area contributed by atoms with Crippen molar-refractivity contribution >= 4 is 41.6 Å². The van der Waals surface area contributed by atoms with Crippen molar-refractivity contribution < 1.29 is 9.53 Å². The number of nitrogens with zero attached hydrogens (tertiary/aromatic N) is 5. The van der Waals surface area contributed by atoms with Gasteiger partial charge in [0.25, 0.3) is 0 Å². The van der Waals surface area contributed by atoms with E-state index in [0.717, 1.165) is 56.3 Å². The number of guanidine groups is 1. The summed E-state index contributed by atoms with van der Waals surface area (Å²) in [7, 11) is 1.45. The van der Waals surface area contributed by atoms with E-state index in [1.807, 2.05) is 28.8 Å². The molecule has 0 bridgehead atoms. The van der Waals surface area contributed by atoms with E-state index in [-0.39, 0.29) is 35.9 Å². The number of rotatable bonds is 5. The van der Waals surface area contributed by atoms with E-state index < -0.39 is 0 Å². The second-order valence-corrected chi connectivity index (χ2v) is 6.32. The number of piperidine rings is 1. The maximum atomic E-state index is 11.7. The summed E-state index contributed by atoms with van der Waals surface area (Å²) in [6.45, 7) is 5.11. The van der Waals surface area contributed by atoms with Crippen molar-refractivity contribution in [1.29, 1.82) is 0 Å². The van der Waals surface area contributed by atoms with Crippen LogP contribution in [0.2, 0.25) is 0 Å². The minimum absolute atomic E-state index is 0. The fraction of sp³-hybridized carbons (Fsp3) is 0.556. The van der Waals surface area contributed by atoms with Crippen LogP contribution in [0.1, 0.15) is 25.6 Å². The molecule has 0 unspecified atom stereocenters. The van der Waals surface area contributed by atoms with Crippen LogP contribution < -0.4 is 5.32 Å². The molecule has 148 valence electrons. The number of ether oxygens (including phenoxy) is 1. The maximum Gasteiger partial charge on any atom is 0.308 e. The number of methoxy groups -OCH3 is 1. The van der Waals surface area contributed by atoms with Crippen LogP contribution in [0.3, 0.4) is 0 Å². The van der Waals surface area contributed by atoms with E-state index in [1.54, 1.807) is 0 Å². The first kappa shape index (κ1) is 21.4. The number of aromatic nitrogens is 3. The number of carbonyl (C=O) groups excluding carboxylic acids is 1. The largest absolute Gasteiger partial charge is 0.469 e. The van der Waals surface area contributed by atoms with Crippen molar-refractivity contribution in [2.75, 3.05) is 33.3 Å². The van der Waals surface area contributed by atoms with Gasteiger partial charge in [0.15, 0.2) is 11.6 Å². The minimum atomic E-state index is -0.106. The highest BCUT2D eigenvalue weighted by atomic mass is 127. The van der Waals surface area contributed by atoms with E-state index >= 15 is 0 Å². The molecule has 1 fully saturated rings. The summed E-state index contributed by atoms with van der Waals surface area (Å²) in [6, 6.07) is 5.86. The Morgan fingerprint density at radius 2 is 2.11 bits per heavy atom. The second kappa shape index (κ2) is 10.4. The summed E-state index contributed by atoms with van der Waals surface area (Å²) in [5.41, 5.74) is 0.850. The van der Waals surface area contributed by atoms with Gasteiger partial charge in [0.05, 0.1) is 13.0 Å². The molecule has 1 saturated heterocycles. The molecule has 0 aliphatic carbocycles. The molecule has 8 nitrogen and oxygen atoms in total. The Morgan fingerprint density at radius 1 is 1.33 bits per heavy atom. The van der Waals surface area contributed by atoms with Gasteiger partial charge >= 0.3 is 5.97 Å². The average molecular weight is 486 g/mol. The predicted octanol–water partition coefficient (Wildman–Crippen LogP) is 1.74. The van der Waals surface area contributed by atoms with Gasteiger partial charge in [-0.3, -0.25) is 14.2 Å². The summed E-state index contributed by atoms with van der Waals surface area (Å²) < 4.78 is 6.85. The highest BCUT2D eigenvalue weighted by Gasteiger charge is 2.26. The lowest BCUT2D eigenvalue weighted by Gasteiger charge is -2.33. The van der Waals surface area contributed by atoms with E-state index in [1.165, 1.54) is 7.11 Å². The molecule has 2 aromatic heterocycles. The Labute approximate surface area is 176 Å². The highest BCUT2D eigenvalue weighted by molar-refractivity contribution is 14.0. The summed E-state index contributed by atoms with van der Waals surface area (Å²) >= 11 is 0. The van der Waals surface area contributed by atoms with Gasteiger partial charge in [-0.1, -0.05) is 6.07 Å². The van der Waals surface area contributed by atoms with Crippen LogP contribution in [0.15, 0.2) is 29.4 Å². The summed E-state index contributed by atoms with van der Waals surface area (Å²) in [6.07, 6.45) is 4.29. The first-order chi connectivity index (χ1) is 12.7. The molecule has 0 aromatic carbocycles. The number of halogens is 1. The number of esters is 1. The number of likely N-dealkylation sites (tertiary alicyclic amines) is 1. The fourth-order valence-corrected chi connectivity index (χ4v) is 3.24. The molecule has 3 heterocycles. The third-order valence-electron chi connectivity index (χ3n) is 4.65. The summed E-state index contributed by atoms with van der Waals surface area (Å²) in [5, 5.41) is 11.8. The standard InChI is InChI=1S/C18H26N6O2.HI/c1-3-19-18(23-12-8-14(9-13-23)17(25)26-2)20-10-7-16-22-21-15-6-4-5-11-24(15)16;/h4-6,11,14H,3,7-10,12-13H2,1-2H3,(H,19,20);1H. The Morgan fingerprint density at radius 3 is 2.81 bits per heavy atom. The van der Waals surface area contributed by atoms with Crippen molar-refractivity contribution in [2.24, 2.45) is 10.9 Å². The molecule has 1 N–H and O–H groups in total. The van der Waals surface area contributed by atoms with E-state index in [2.05, 4.69) is 27.3 Å². The normalized spacial score (nSPS) is 15.5. The Balaban J connectivity index is 0.00000261. The number of carbonyl (C=O) groups is 1. The number of fused-ring (bicyclic) bond motifs is 1. The molecule has 1 aliphatic heterocycles. The second-order valence-electron chi connectivity index (χ2n) is 6.32. The van der Waals surface area contributed by atoms with Crippen LogP contribution in [-0.2, 0) is 16.0 Å². The quantitative estimate of drug-likeness (QED) is 0.300. The van der Waals surface area contributed by atoms with E-state index in [0.29, 0.717) is 6.54 Å². The van der Waals surface area contributed by atoms with Gasteiger partial charge in [-0.15, -0.1) is 34.2 Å². The van der Waals surface area contributed by atoms with Crippen molar-refractivity contribution in [3.8, 4) is 0 Å². The van der Waals surface area contributed by atoms with Crippen LogP contribution in [0, 0.1) is 5.92 Å². The van der Waals surface area contributed by atoms with Crippen molar-refractivity contribution in [1.82, 2.24) is 24.8 Å². The van der Waals surface area contributed by atoms with Gasteiger partial charge < -0.3 is 15.0 Å². The third kappa shape index (κ3) is 5.30. The van der Waals surface area contributed by atoms with Gasteiger partial charge in [0.1, 0.15) is 5.82 Å². The van der Waals surface area contributed by atoms with Crippen molar-refractivity contribution in [3.05, 3.63) is 30.2 Å². The van der Waals surface area contributed by atoms with Crippen LogP contribution >= 0.6 is 24.0 Å². The zero-order valence-electron chi connectivity index (χ0n) is 15.8. The molecule has 9 heteroatoms. The van der Waals surface area contributed by atoms with Crippen LogP contribution in [0.25, 0.3) is 5.65 Å². The zero-order chi connectivity index (χ0) is 18.4. The number of nitrogens with one attached hydrogen (secondary N) is 1. The molecule has 0 amide bonds. The van der Waals surface area contributed by atoms with Crippen LogP contribution in [0.5, 0.6) is 0 Å². The van der Waals surface area contributed by atoms with Gasteiger partial charge in [-0.25, -0.2) is 0 Å². The predicted molar refractivity (Wildman–Crippen MR) is 114 cm³/mol. The highest BCUT2D eigenvalue weighted by Crippen LogP contribution is 2.18. The van der Waals surface area contributed by atoms with Gasteiger partial charge in [0, 0.05) is 38.8 Å². The molecule has 2 aromatic rings. The minimum Gasteiger partial charge on any atom is -0.469 e. The van der Waals surface area contributed by atoms with E-state index in [4.69, 9.17) is 9.73 Å². The molecular formula is C18H27IN6O2. The lowest BCUT2D eigenvalue weighted by molar-refractivity contribution is -0.146. The SMILES string of the molecule is CCNC(=NCCc1nnc2ccccn12)N1CCC(C(=O)OC)CC1.I. The maximum absolute atomic E-state index is 11.7. The summed E-state index contributed by atoms with van der Waals surface area (Å²) in [5.74, 6) is 1.70. The average Bonchev–Trinajstić information content (AvgIpc) is 3.10. The lowest BCUT2D eigenvalue weighted by atomic mass is 9.97. The molecule has 27 heavy (non-hydrogen) atoms. The first-order valence-electron chi connectivity index (χ1n) is 9.12. The van der Waals surface area contributed by atoms with Crippen LogP contribution in [-0.4, -0.2) is 64.7 Å². The Hall–Kier alpha value is -1.91. The van der Waals surface area contributed by atoms with Crippen molar-refractivity contribution in [3.63, 3.8) is 0 Å². The Kier molecular flexibility index (Phi) is 8.26. The van der Waals surface area contributed by atoms with Gasteiger partial charge in [-0.05, 0) is 31.9 Å². The molecule has 0 radical (unpaired) electrons. The van der Waals surface area contributed by atoms with Gasteiger partial charge in [-0.2, -0.15) is 0 Å². The lowest BCUT2D eigenvalue weighted by Crippen LogP contribution is -2.46. The summed E-state index contributed by atoms with van der Waals surface area (Å²) in [4.78, 5) is 18.6. The number of pyridine rings is 1. The molecule has 0 saturated carbocycles. The van der Waals surface area contributed by atoms with Crippen molar-refractivity contribution in [2.45, 2.75) is 26.2 Å². The number of aliphatic imine (C=N–C) groups is 1. The number of hydrogen-bond donors (Lipinski definition) is 1. The third-order valence-corrected chi connectivity index (χ3v) is 4.65. The molecule has 3 rings (SSSR count). The fourth-order valence-electron chi connectivity index (χ4n) is 3.24. The molecule has 0 spiro atoms. The molecular weight excluding hydrogens is 459 g/mol. The number of hydrogen-bond acceptors (Lipinski definition) is 5. The first-order valence-corrected chi connectivity index (χ1v) is 9.12. The van der Waals surface area contributed by atoms with Crippen LogP contribution in [0.4, 0.5) is 0 Å². The Bertz CT molecular complexity index is 770. The molecule has 1 aliphatic rings. The van der Waals surface area contributed by atoms with E-state index in [9.17, 15) is 4.79 Å². The zero-order valence-corrected chi connectivity index (χ0v) is 18.1. The smallest absolute Gasteiger partial charge is 0.308 e. The van der Waals surface area contributed by atoms with Gasteiger partial charge in [0.2, 0.25) is 0 Å².